The summed E-state index contributed by atoms with van der Waals surface area (Å²) in [7, 11) is -1.03. The molecule has 9 rings (SSSR count). The minimum atomic E-state index is -1.03. The Labute approximate surface area is 474 Å². The van der Waals surface area contributed by atoms with Gasteiger partial charge in [-0.2, -0.15) is 0 Å². The number of benzene rings is 9. The van der Waals surface area contributed by atoms with Crippen molar-refractivity contribution in [3.8, 4) is 66.8 Å². The van der Waals surface area contributed by atoms with E-state index in [9.17, 15) is 0 Å². The van der Waals surface area contributed by atoms with E-state index in [1.165, 1.54) is 150 Å². The third kappa shape index (κ3) is 12.1. The van der Waals surface area contributed by atoms with Crippen LogP contribution in [0, 0.1) is 125 Å². The van der Waals surface area contributed by atoms with Gasteiger partial charge in [-0.05, 0) is 293 Å². The quantitative estimate of drug-likeness (QED) is 0.0958. The molecule has 0 amide bonds. The Kier molecular flexibility index (Phi) is 16.7. The number of hydrogen-bond donors (Lipinski definition) is 0. The zero-order valence-electron chi connectivity index (χ0n) is 50.5. The molecule has 0 spiro atoms. The van der Waals surface area contributed by atoms with E-state index in [0.29, 0.717) is 0 Å². The first-order valence-corrected chi connectivity index (χ1v) is 28.3. The Hall–Kier alpha value is -7.08. The lowest BCUT2D eigenvalue weighted by Crippen LogP contribution is -2.27. The van der Waals surface area contributed by atoms with E-state index >= 15 is 0 Å². The Morgan fingerprint density at radius 3 is 0.595 bits per heavy atom. The van der Waals surface area contributed by atoms with Gasteiger partial charge in [-0.15, -0.1) is 0 Å². The van der Waals surface area contributed by atoms with Crippen LogP contribution in [0.4, 0.5) is 0 Å². The van der Waals surface area contributed by atoms with Gasteiger partial charge in [-0.1, -0.05) is 143 Å². The van der Waals surface area contributed by atoms with E-state index in [4.69, 9.17) is 14.0 Å². The highest BCUT2D eigenvalue weighted by atomic mass is 16.7. The molecule has 0 saturated carbocycles. The summed E-state index contributed by atoms with van der Waals surface area (Å²) < 4.78 is 21.3. The second-order valence-corrected chi connectivity index (χ2v) is 23.5. The molecule has 3 nitrogen and oxygen atoms in total. The van der Waals surface area contributed by atoms with Gasteiger partial charge >= 0.3 is 7.32 Å². The van der Waals surface area contributed by atoms with E-state index in [-0.39, 0.29) is 19.8 Å². The molecule has 0 radical (unpaired) electrons. The van der Waals surface area contributed by atoms with E-state index < -0.39 is 7.32 Å². The first-order valence-electron chi connectivity index (χ1n) is 28.3. The molecule has 0 aliphatic heterocycles. The molecule has 0 heterocycles. The zero-order valence-corrected chi connectivity index (χ0v) is 50.5. The number of hydrogen-bond acceptors (Lipinski definition) is 3. The number of aryl methyl sites for hydroxylation is 18. The van der Waals surface area contributed by atoms with Crippen molar-refractivity contribution in [1.29, 1.82) is 0 Å². The summed E-state index contributed by atoms with van der Waals surface area (Å²) in [5, 5.41) is 0. The predicted molar refractivity (Wildman–Crippen MR) is 337 cm³/mol. The van der Waals surface area contributed by atoms with Crippen molar-refractivity contribution in [1.82, 2.24) is 0 Å². The summed E-state index contributed by atoms with van der Waals surface area (Å²) in [6.07, 6.45) is 0. The molecule has 0 atom stereocenters. The smallest absolute Gasteiger partial charge is 0.382 e. The van der Waals surface area contributed by atoms with Gasteiger partial charge in [0.2, 0.25) is 0 Å². The first kappa shape index (κ1) is 56.6. The fraction of sp³-hybridized carbons (Fsp3) is 0.280. The van der Waals surface area contributed by atoms with Gasteiger partial charge in [0, 0.05) is 0 Å². The molecule has 0 aliphatic carbocycles. The summed E-state index contributed by atoms with van der Waals surface area (Å²) in [5.74, 6) is 0. The fourth-order valence-electron chi connectivity index (χ4n) is 13.6. The highest BCUT2D eigenvalue weighted by molar-refractivity contribution is 6.36. The van der Waals surface area contributed by atoms with Gasteiger partial charge in [0.1, 0.15) is 0 Å². The Bertz CT molecular complexity index is 3300. The van der Waals surface area contributed by atoms with Gasteiger partial charge in [-0.3, -0.25) is 0 Å². The van der Waals surface area contributed by atoms with E-state index in [0.717, 1.165) is 33.4 Å². The first-order chi connectivity index (χ1) is 37.5. The van der Waals surface area contributed by atoms with E-state index in [1.54, 1.807) is 0 Å². The molecule has 0 bridgehead atoms. The van der Waals surface area contributed by atoms with Crippen molar-refractivity contribution in [2.75, 3.05) is 0 Å². The molecule has 79 heavy (non-hydrogen) atoms. The van der Waals surface area contributed by atoms with Crippen LogP contribution in [0.15, 0.2) is 127 Å². The van der Waals surface area contributed by atoms with Crippen LogP contribution in [0.5, 0.6) is 0 Å². The summed E-state index contributed by atoms with van der Waals surface area (Å²) in [6, 6.07) is 48.2. The fourth-order valence-corrected chi connectivity index (χ4v) is 13.6. The molecule has 0 aliphatic rings. The van der Waals surface area contributed by atoms with Crippen LogP contribution < -0.4 is 0 Å². The second kappa shape index (κ2) is 23.3. The van der Waals surface area contributed by atoms with Gasteiger partial charge in [-0.25, -0.2) is 0 Å². The minimum absolute atomic E-state index is 0.265. The van der Waals surface area contributed by atoms with Crippen LogP contribution in [-0.2, 0) is 33.8 Å². The minimum Gasteiger partial charge on any atom is -0.382 e. The average Bonchev–Trinajstić information content (AvgIpc) is 3.38. The Morgan fingerprint density at radius 1 is 0.228 bits per heavy atom. The highest BCUT2D eigenvalue weighted by Crippen LogP contribution is 2.41. The molecular weight excluding hydrogens is 960 g/mol. The standard InChI is InChI=1S/C75H81BO3/c1-43-25-49(7)70(50(8)26-43)61-19-22-64(67(37-61)73-55(13)31-46(4)32-56(73)14)40-77-76(78-41-65-23-20-62(71-51(9)27-44(2)28-52(71)10)38-68(65)74-57(15)33-47(5)34-58(74)16)79-42-66-24-21-63(72-53(11)29-45(3)30-54(72)12)39-69(66)75-59(17)35-48(6)36-60(75)18/h19-39H,40-42H2,1-18H3. The van der Waals surface area contributed by atoms with Crippen molar-refractivity contribution in [3.05, 3.63) is 244 Å². The normalized spacial score (nSPS) is 11.5. The molecule has 0 unspecified atom stereocenters. The molecule has 0 N–H and O–H groups in total. The maximum absolute atomic E-state index is 7.09. The van der Waals surface area contributed by atoms with E-state index in [1.807, 2.05) is 0 Å². The average molecular weight is 1040 g/mol. The maximum atomic E-state index is 7.09. The van der Waals surface area contributed by atoms with Crippen LogP contribution in [-0.4, -0.2) is 7.32 Å². The van der Waals surface area contributed by atoms with E-state index in [2.05, 4.69) is 252 Å². The lowest BCUT2D eigenvalue weighted by Gasteiger charge is -2.22. The maximum Gasteiger partial charge on any atom is 0.640 e. The molecule has 9 aromatic carbocycles. The zero-order chi connectivity index (χ0) is 56.7. The highest BCUT2D eigenvalue weighted by Gasteiger charge is 2.27. The molecule has 402 valence electrons. The topological polar surface area (TPSA) is 27.7 Å². The summed E-state index contributed by atoms with van der Waals surface area (Å²) in [5.41, 5.74) is 40.3. The van der Waals surface area contributed by atoms with Gasteiger partial charge in [0.05, 0.1) is 19.8 Å². The summed E-state index contributed by atoms with van der Waals surface area (Å²) in [6.45, 7) is 40.6. The van der Waals surface area contributed by atoms with Crippen molar-refractivity contribution >= 4 is 7.32 Å². The monoisotopic (exact) mass is 1040 g/mol. The van der Waals surface area contributed by atoms with Crippen LogP contribution in [0.1, 0.15) is 117 Å². The van der Waals surface area contributed by atoms with Crippen LogP contribution >= 0.6 is 0 Å². The molecule has 0 fully saturated rings. The summed E-state index contributed by atoms with van der Waals surface area (Å²) in [4.78, 5) is 0. The lowest BCUT2D eigenvalue weighted by atomic mass is 9.86. The molecular formula is C75H81BO3. The number of rotatable bonds is 15. The largest absolute Gasteiger partial charge is 0.640 e. The third-order valence-electron chi connectivity index (χ3n) is 16.2. The predicted octanol–water partition coefficient (Wildman–Crippen LogP) is 20.2. The Balaban J connectivity index is 1.16. The molecule has 0 saturated heterocycles. The van der Waals surface area contributed by atoms with Gasteiger partial charge in [0.25, 0.3) is 0 Å². The van der Waals surface area contributed by atoms with Crippen molar-refractivity contribution in [2.45, 2.75) is 144 Å². The van der Waals surface area contributed by atoms with Crippen LogP contribution in [0.2, 0.25) is 0 Å². The van der Waals surface area contributed by atoms with Crippen molar-refractivity contribution in [2.24, 2.45) is 0 Å². The van der Waals surface area contributed by atoms with Gasteiger partial charge < -0.3 is 14.0 Å². The second-order valence-electron chi connectivity index (χ2n) is 23.5. The van der Waals surface area contributed by atoms with Crippen molar-refractivity contribution in [3.63, 3.8) is 0 Å². The van der Waals surface area contributed by atoms with Crippen molar-refractivity contribution < 1.29 is 14.0 Å². The Morgan fingerprint density at radius 2 is 0.405 bits per heavy atom. The SMILES string of the molecule is Cc1cc(C)c(-c2ccc(COB(OCc3ccc(-c4c(C)cc(C)cc4C)cc3-c3c(C)cc(C)cc3C)OCc3ccc(-c4c(C)cc(C)cc4C)cc3-c3c(C)cc(C)cc3C)c(-c3c(C)cc(C)cc3C)c2)c(C)c1. The van der Waals surface area contributed by atoms with Crippen LogP contribution in [0.25, 0.3) is 66.8 Å². The third-order valence-corrected chi connectivity index (χ3v) is 16.2. The van der Waals surface area contributed by atoms with Crippen LogP contribution in [0.3, 0.4) is 0 Å². The molecule has 4 heteroatoms. The lowest BCUT2D eigenvalue weighted by molar-refractivity contribution is 0.0770. The van der Waals surface area contributed by atoms with Gasteiger partial charge in [0.15, 0.2) is 0 Å². The molecule has 9 aromatic rings. The molecule has 0 aromatic heterocycles. The summed E-state index contributed by atoms with van der Waals surface area (Å²) >= 11 is 0.